The molecule has 0 bridgehead atoms. The maximum Gasteiger partial charge on any atom is 0.329 e. The Morgan fingerprint density at radius 2 is 2.06 bits per heavy atom. The summed E-state index contributed by atoms with van der Waals surface area (Å²) in [6.45, 7) is 4.62. The van der Waals surface area contributed by atoms with Gasteiger partial charge in [-0.15, -0.1) is 0 Å². The van der Waals surface area contributed by atoms with Crippen molar-refractivity contribution in [3.05, 3.63) is 20.8 Å². The lowest BCUT2D eigenvalue weighted by molar-refractivity contribution is 0.700. The molecule has 0 aliphatic carbocycles. The van der Waals surface area contributed by atoms with Crippen LogP contribution in [-0.4, -0.2) is 24.9 Å². The molecule has 0 aliphatic rings. The highest BCUT2D eigenvalue weighted by atomic mass is 32.2. The van der Waals surface area contributed by atoms with E-state index in [0.717, 1.165) is 10.9 Å². The summed E-state index contributed by atoms with van der Waals surface area (Å²) >= 11 is 1.56. The van der Waals surface area contributed by atoms with Crippen molar-refractivity contribution in [2.45, 2.75) is 25.5 Å². The van der Waals surface area contributed by atoms with Crippen molar-refractivity contribution < 1.29 is 0 Å². The van der Waals surface area contributed by atoms with Gasteiger partial charge in [-0.25, -0.2) is 9.78 Å². The maximum atomic E-state index is 11.8. The Morgan fingerprint density at radius 1 is 1.35 bits per heavy atom. The Morgan fingerprint density at radius 3 is 2.65 bits per heavy atom. The summed E-state index contributed by atoms with van der Waals surface area (Å²) in [6, 6.07) is 0. The smallest absolute Gasteiger partial charge is 0.313 e. The number of nitrogens with one attached hydrogen (secondary N) is 1. The molecule has 0 atom stereocenters. The van der Waals surface area contributed by atoms with Crippen LogP contribution in [0.15, 0.2) is 14.7 Å². The molecule has 0 saturated carbocycles. The van der Waals surface area contributed by atoms with Gasteiger partial charge in [0, 0.05) is 13.6 Å². The second kappa shape index (κ2) is 4.40. The van der Waals surface area contributed by atoms with Crippen LogP contribution in [0.2, 0.25) is 0 Å². The SMILES string of the molecule is CCSc1nc2c(c(=O)[nH]c(=O)n2C)n1CC. The molecule has 0 fully saturated rings. The number of hydrogen-bond donors (Lipinski definition) is 1. The van der Waals surface area contributed by atoms with Crippen LogP contribution in [0.25, 0.3) is 11.2 Å². The van der Waals surface area contributed by atoms with Gasteiger partial charge in [-0.1, -0.05) is 18.7 Å². The number of rotatable bonds is 3. The molecule has 0 spiro atoms. The number of H-pyrrole nitrogens is 1. The summed E-state index contributed by atoms with van der Waals surface area (Å²) < 4.78 is 3.20. The number of aromatic nitrogens is 4. The molecule has 1 N–H and O–H groups in total. The highest BCUT2D eigenvalue weighted by Gasteiger charge is 2.15. The van der Waals surface area contributed by atoms with E-state index in [-0.39, 0.29) is 5.56 Å². The fraction of sp³-hybridized carbons (Fsp3) is 0.500. The second-order valence-electron chi connectivity index (χ2n) is 3.56. The van der Waals surface area contributed by atoms with Gasteiger partial charge in [-0.2, -0.15) is 0 Å². The molecule has 2 aromatic heterocycles. The third kappa shape index (κ3) is 1.80. The molecule has 0 saturated heterocycles. The summed E-state index contributed by atoms with van der Waals surface area (Å²) in [6.07, 6.45) is 0. The van der Waals surface area contributed by atoms with Crippen LogP contribution in [0.5, 0.6) is 0 Å². The molecule has 0 aromatic carbocycles. The van der Waals surface area contributed by atoms with E-state index in [1.54, 1.807) is 18.8 Å². The first kappa shape index (κ1) is 12.0. The molecule has 0 radical (unpaired) electrons. The van der Waals surface area contributed by atoms with Gasteiger partial charge in [0.15, 0.2) is 16.3 Å². The largest absolute Gasteiger partial charge is 0.329 e. The van der Waals surface area contributed by atoms with Crippen molar-refractivity contribution in [3.8, 4) is 0 Å². The van der Waals surface area contributed by atoms with Crippen molar-refractivity contribution in [2.75, 3.05) is 5.75 Å². The van der Waals surface area contributed by atoms with Crippen molar-refractivity contribution in [2.24, 2.45) is 7.05 Å². The first-order valence-electron chi connectivity index (χ1n) is 5.42. The zero-order valence-corrected chi connectivity index (χ0v) is 10.8. The number of thioether (sulfide) groups is 1. The predicted octanol–water partition coefficient (Wildman–Crippen LogP) is 0.555. The molecule has 7 heteroatoms. The Bertz CT molecular complexity index is 667. The standard InChI is InChI=1S/C10H14N4O2S/c1-4-14-6-7(11-10(14)17-5-2)13(3)9(16)12-8(6)15/h4-5H2,1-3H3,(H,12,15,16). The molecule has 17 heavy (non-hydrogen) atoms. The summed E-state index contributed by atoms with van der Waals surface area (Å²) in [5, 5.41) is 0.775. The highest BCUT2D eigenvalue weighted by molar-refractivity contribution is 7.99. The van der Waals surface area contributed by atoms with E-state index in [9.17, 15) is 9.59 Å². The van der Waals surface area contributed by atoms with E-state index in [1.807, 2.05) is 18.4 Å². The second-order valence-corrected chi connectivity index (χ2v) is 4.79. The molecule has 0 amide bonds. The van der Waals surface area contributed by atoms with Gasteiger partial charge < -0.3 is 4.57 Å². The molecular weight excluding hydrogens is 240 g/mol. The molecule has 0 aliphatic heterocycles. The van der Waals surface area contributed by atoms with Gasteiger partial charge in [-0.3, -0.25) is 14.3 Å². The Balaban J connectivity index is 2.91. The van der Waals surface area contributed by atoms with E-state index in [2.05, 4.69) is 9.97 Å². The lowest BCUT2D eigenvalue weighted by atomic mass is 10.5. The van der Waals surface area contributed by atoms with Crippen molar-refractivity contribution in [1.82, 2.24) is 19.1 Å². The summed E-state index contributed by atoms with van der Waals surface area (Å²) in [5.74, 6) is 0.870. The van der Waals surface area contributed by atoms with Crippen molar-refractivity contribution in [3.63, 3.8) is 0 Å². The van der Waals surface area contributed by atoms with Crippen LogP contribution in [0.4, 0.5) is 0 Å². The molecule has 2 aromatic rings. The number of imidazole rings is 1. The van der Waals surface area contributed by atoms with Crippen molar-refractivity contribution in [1.29, 1.82) is 0 Å². The number of aromatic amines is 1. The fourth-order valence-electron chi connectivity index (χ4n) is 1.75. The zero-order chi connectivity index (χ0) is 12.6. The molecule has 92 valence electrons. The molecule has 2 rings (SSSR count). The van der Waals surface area contributed by atoms with Gasteiger partial charge in [0.2, 0.25) is 0 Å². The third-order valence-electron chi connectivity index (χ3n) is 2.56. The van der Waals surface area contributed by atoms with Gasteiger partial charge in [0.05, 0.1) is 0 Å². The van der Waals surface area contributed by atoms with Gasteiger partial charge >= 0.3 is 5.69 Å². The molecule has 0 unspecified atom stereocenters. The molecule has 6 nitrogen and oxygen atoms in total. The lowest BCUT2D eigenvalue weighted by Crippen LogP contribution is -2.29. The minimum Gasteiger partial charge on any atom is -0.313 e. The summed E-state index contributed by atoms with van der Waals surface area (Å²) in [5.41, 5.74) is 0.0961. The lowest BCUT2D eigenvalue weighted by Gasteiger charge is -2.03. The average molecular weight is 254 g/mol. The normalized spacial score (nSPS) is 11.2. The van der Waals surface area contributed by atoms with E-state index in [0.29, 0.717) is 17.7 Å². The Kier molecular flexibility index (Phi) is 3.10. The summed E-state index contributed by atoms with van der Waals surface area (Å²) in [7, 11) is 1.61. The average Bonchev–Trinajstić information content (AvgIpc) is 2.65. The minimum atomic E-state index is -0.434. The quantitative estimate of drug-likeness (QED) is 0.812. The Labute approximate surface area is 102 Å². The zero-order valence-electron chi connectivity index (χ0n) is 9.98. The molecular formula is C10H14N4O2S. The highest BCUT2D eigenvalue weighted by Crippen LogP contribution is 2.20. The van der Waals surface area contributed by atoms with Gasteiger partial charge in [-0.05, 0) is 12.7 Å². The maximum absolute atomic E-state index is 11.8. The number of fused-ring (bicyclic) bond motifs is 1. The topological polar surface area (TPSA) is 72.7 Å². The van der Waals surface area contributed by atoms with Crippen LogP contribution in [0.3, 0.4) is 0 Å². The fourth-order valence-corrected chi connectivity index (χ4v) is 2.53. The predicted molar refractivity (Wildman–Crippen MR) is 67.7 cm³/mol. The minimum absolute atomic E-state index is 0.375. The van der Waals surface area contributed by atoms with E-state index in [1.165, 1.54) is 4.57 Å². The van der Waals surface area contributed by atoms with E-state index >= 15 is 0 Å². The molecule has 2 heterocycles. The number of aryl methyl sites for hydroxylation is 2. The van der Waals surface area contributed by atoms with E-state index in [4.69, 9.17) is 0 Å². The van der Waals surface area contributed by atoms with Crippen LogP contribution in [-0.2, 0) is 13.6 Å². The van der Waals surface area contributed by atoms with E-state index < -0.39 is 5.69 Å². The first-order valence-corrected chi connectivity index (χ1v) is 6.41. The Hall–Kier alpha value is -1.50. The van der Waals surface area contributed by atoms with Gasteiger partial charge in [0.25, 0.3) is 5.56 Å². The van der Waals surface area contributed by atoms with Crippen molar-refractivity contribution >= 4 is 22.9 Å². The van der Waals surface area contributed by atoms with Crippen LogP contribution in [0.1, 0.15) is 13.8 Å². The monoisotopic (exact) mass is 254 g/mol. The first-order chi connectivity index (χ1) is 8.10. The third-order valence-corrected chi connectivity index (χ3v) is 3.42. The number of hydrogen-bond acceptors (Lipinski definition) is 4. The van der Waals surface area contributed by atoms with Crippen LogP contribution < -0.4 is 11.2 Å². The number of nitrogens with zero attached hydrogens (tertiary/aromatic N) is 3. The summed E-state index contributed by atoms with van der Waals surface area (Å²) in [4.78, 5) is 29.9. The van der Waals surface area contributed by atoms with Crippen LogP contribution >= 0.6 is 11.8 Å². The van der Waals surface area contributed by atoms with Crippen LogP contribution in [0, 0.1) is 0 Å². The van der Waals surface area contributed by atoms with Gasteiger partial charge in [0.1, 0.15) is 0 Å².